The molecule has 2 heterocycles. The molecular formula is C23H22N6O. The van der Waals surface area contributed by atoms with Crippen LogP contribution in [-0.4, -0.2) is 58.9 Å². The Kier molecular flexibility index (Phi) is 5.68. The third-order valence-corrected chi connectivity index (χ3v) is 5.08. The van der Waals surface area contributed by atoms with E-state index in [1.165, 1.54) is 0 Å². The number of carbonyl (C=O) groups is 1. The number of carbonyl (C=O) groups excluding carboxylic acids is 1. The number of para-hydroxylation sites is 1. The van der Waals surface area contributed by atoms with Gasteiger partial charge in [-0.25, -0.2) is 9.97 Å². The van der Waals surface area contributed by atoms with Crippen LogP contribution in [0.15, 0.2) is 60.7 Å². The van der Waals surface area contributed by atoms with E-state index in [-0.39, 0.29) is 5.91 Å². The van der Waals surface area contributed by atoms with Crippen molar-refractivity contribution in [3.05, 3.63) is 71.9 Å². The molecule has 4 rings (SSSR count). The summed E-state index contributed by atoms with van der Waals surface area (Å²) in [5.74, 6) is 0.829. The quantitative estimate of drug-likeness (QED) is 0.727. The van der Waals surface area contributed by atoms with Crippen LogP contribution in [0.2, 0.25) is 0 Å². The van der Waals surface area contributed by atoms with Crippen molar-refractivity contribution < 1.29 is 4.79 Å². The number of amides is 1. The first-order chi connectivity index (χ1) is 14.6. The van der Waals surface area contributed by atoms with E-state index in [2.05, 4.69) is 33.3 Å². The zero-order valence-corrected chi connectivity index (χ0v) is 16.7. The predicted molar refractivity (Wildman–Crippen MR) is 115 cm³/mol. The van der Waals surface area contributed by atoms with E-state index in [0.29, 0.717) is 41.7 Å². The van der Waals surface area contributed by atoms with E-state index in [4.69, 9.17) is 0 Å². The molecule has 7 nitrogen and oxygen atoms in total. The molecule has 0 unspecified atom stereocenters. The van der Waals surface area contributed by atoms with Crippen molar-refractivity contribution in [1.82, 2.24) is 19.8 Å². The average molecular weight is 398 g/mol. The van der Waals surface area contributed by atoms with Crippen molar-refractivity contribution >= 4 is 17.4 Å². The Morgan fingerprint density at radius 1 is 1.00 bits per heavy atom. The summed E-state index contributed by atoms with van der Waals surface area (Å²) in [7, 11) is 2.05. The number of nitrogens with one attached hydrogen (secondary N) is 1. The topological polar surface area (TPSA) is 85.1 Å². The van der Waals surface area contributed by atoms with Gasteiger partial charge in [-0.1, -0.05) is 42.5 Å². The van der Waals surface area contributed by atoms with Gasteiger partial charge in [0, 0.05) is 37.8 Å². The number of benzene rings is 2. The van der Waals surface area contributed by atoms with Gasteiger partial charge >= 0.3 is 0 Å². The highest BCUT2D eigenvalue weighted by atomic mass is 16.2. The average Bonchev–Trinajstić information content (AvgIpc) is 2.80. The van der Waals surface area contributed by atoms with Gasteiger partial charge in [0.15, 0.2) is 5.82 Å². The minimum Gasteiger partial charge on any atom is -0.339 e. The second-order valence-electron chi connectivity index (χ2n) is 7.21. The molecule has 1 saturated heterocycles. The Morgan fingerprint density at radius 2 is 1.70 bits per heavy atom. The molecule has 1 aliphatic rings. The Bertz CT molecular complexity index is 1080. The fraction of sp³-hybridized carbons (Fsp3) is 0.217. The van der Waals surface area contributed by atoms with Crippen molar-refractivity contribution in [3.8, 4) is 17.5 Å². The zero-order chi connectivity index (χ0) is 20.9. The molecule has 150 valence electrons. The highest BCUT2D eigenvalue weighted by molar-refractivity contribution is 5.93. The Hall–Kier alpha value is -3.76. The summed E-state index contributed by atoms with van der Waals surface area (Å²) in [6, 6.07) is 20.6. The van der Waals surface area contributed by atoms with Gasteiger partial charge in [-0.05, 0) is 19.2 Å². The number of nitrogens with zero attached hydrogens (tertiary/aromatic N) is 5. The zero-order valence-electron chi connectivity index (χ0n) is 16.7. The van der Waals surface area contributed by atoms with Gasteiger partial charge in [-0.3, -0.25) is 4.79 Å². The van der Waals surface area contributed by atoms with Gasteiger partial charge in [0.05, 0.1) is 11.3 Å². The molecule has 30 heavy (non-hydrogen) atoms. The SMILES string of the molecule is CN1CCN(C(=O)c2cc(Nc3ccccc3C#N)nc(-c3ccccc3)n2)CC1. The molecule has 0 spiro atoms. The first-order valence-corrected chi connectivity index (χ1v) is 9.82. The molecule has 1 fully saturated rings. The van der Waals surface area contributed by atoms with Crippen LogP contribution < -0.4 is 5.32 Å². The van der Waals surface area contributed by atoms with Crippen LogP contribution >= 0.6 is 0 Å². The number of hydrogen-bond acceptors (Lipinski definition) is 6. The van der Waals surface area contributed by atoms with Gasteiger partial charge in [0.25, 0.3) is 5.91 Å². The van der Waals surface area contributed by atoms with Crippen molar-refractivity contribution in [1.29, 1.82) is 5.26 Å². The molecule has 0 radical (unpaired) electrons. The van der Waals surface area contributed by atoms with Crippen LogP contribution in [0.4, 0.5) is 11.5 Å². The lowest BCUT2D eigenvalue weighted by Crippen LogP contribution is -2.47. The van der Waals surface area contributed by atoms with Crippen LogP contribution in [-0.2, 0) is 0 Å². The Morgan fingerprint density at radius 3 is 2.43 bits per heavy atom. The van der Waals surface area contributed by atoms with Crippen molar-refractivity contribution in [2.75, 3.05) is 38.5 Å². The maximum Gasteiger partial charge on any atom is 0.272 e. The number of hydrogen-bond donors (Lipinski definition) is 1. The normalized spacial score (nSPS) is 14.2. The third kappa shape index (κ3) is 4.29. The maximum absolute atomic E-state index is 13.2. The lowest BCUT2D eigenvalue weighted by Gasteiger charge is -2.32. The monoisotopic (exact) mass is 398 g/mol. The summed E-state index contributed by atoms with van der Waals surface area (Å²) in [5.41, 5.74) is 2.30. The lowest BCUT2D eigenvalue weighted by molar-refractivity contribution is 0.0658. The molecule has 1 N–H and O–H groups in total. The van der Waals surface area contributed by atoms with Gasteiger partial charge in [0.1, 0.15) is 17.6 Å². The molecule has 1 amide bonds. The van der Waals surface area contributed by atoms with Crippen LogP contribution in [0.5, 0.6) is 0 Å². The molecule has 0 saturated carbocycles. The summed E-state index contributed by atoms with van der Waals surface area (Å²) in [4.78, 5) is 26.3. The first-order valence-electron chi connectivity index (χ1n) is 9.82. The molecule has 1 aromatic heterocycles. The first kappa shape index (κ1) is 19.6. The number of rotatable bonds is 4. The van der Waals surface area contributed by atoms with E-state index in [0.717, 1.165) is 18.7 Å². The number of likely N-dealkylation sites (N-methyl/N-ethyl adjacent to an activating group) is 1. The minimum atomic E-state index is -0.112. The third-order valence-electron chi connectivity index (χ3n) is 5.08. The van der Waals surface area contributed by atoms with E-state index < -0.39 is 0 Å². The highest BCUT2D eigenvalue weighted by Crippen LogP contribution is 2.23. The van der Waals surface area contributed by atoms with E-state index in [1.807, 2.05) is 47.4 Å². The second-order valence-corrected chi connectivity index (χ2v) is 7.21. The fourth-order valence-electron chi connectivity index (χ4n) is 3.34. The largest absolute Gasteiger partial charge is 0.339 e. The van der Waals surface area contributed by atoms with Crippen LogP contribution in [0, 0.1) is 11.3 Å². The molecule has 3 aromatic rings. The summed E-state index contributed by atoms with van der Waals surface area (Å²) in [6.45, 7) is 3.01. The van der Waals surface area contributed by atoms with E-state index in [9.17, 15) is 10.1 Å². The van der Waals surface area contributed by atoms with Crippen LogP contribution in [0.25, 0.3) is 11.4 Å². The Balaban J connectivity index is 1.72. The van der Waals surface area contributed by atoms with Crippen LogP contribution in [0.3, 0.4) is 0 Å². The number of aromatic nitrogens is 2. The maximum atomic E-state index is 13.2. The molecule has 2 aromatic carbocycles. The van der Waals surface area contributed by atoms with E-state index in [1.54, 1.807) is 18.2 Å². The molecule has 0 atom stereocenters. The standard InChI is InChI=1S/C23H22N6O/c1-28-11-13-29(14-12-28)23(30)20-15-21(25-19-10-6-5-9-18(19)16-24)27-22(26-20)17-7-3-2-4-8-17/h2-10,15H,11-14H2,1H3,(H,25,26,27). The summed E-state index contributed by atoms with van der Waals surface area (Å²) >= 11 is 0. The number of anilines is 2. The molecule has 0 aliphatic carbocycles. The predicted octanol–water partition coefficient (Wildman–Crippen LogP) is 3.15. The van der Waals surface area contributed by atoms with Crippen molar-refractivity contribution in [2.45, 2.75) is 0 Å². The van der Waals surface area contributed by atoms with Gasteiger partial charge in [-0.2, -0.15) is 5.26 Å². The highest BCUT2D eigenvalue weighted by Gasteiger charge is 2.23. The van der Waals surface area contributed by atoms with Crippen LogP contribution in [0.1, 0.15) is 16.1 Å². The summed E-state index contributed by atoms with van der Waals surface area (Å²) in [5, 5.41) is 12.6. The number of nitriles is 1. The second kappa shape index (κ2) is 8.72. The molecule has 1 aliphatic heterocycles. The number of piperazine rings is 1. The smallest absolute Gasteiger partial charge is 0.272 e. The molecule has 7 heteroatoms. The minimum absolute atomic E-state index is 0.112. The van der Waals surface area contributed by atoms with Gasteiger partial charge < -0.3 is 15.1 Å². The summed E-state index contributed by atoms with van der Waals surface area (Å²) < 4.78 is 0. The lowest BCUT2D eigenvalue weighted by atomic mass is 10.2. The fourth-order valence-corrected chi connectivity index (χ4v) is 3.34. The molecular weight excluding hydrogens is 376 g/mol. The summed E-state index contributed by atoms with van der Waals surface area (Å²) in [6.07, 6.45) is 0. The van der Waals surface area contributed by atoms with Crippen molar-refractivity contribution in [3.63, 3.8) is 0 Å². The molecule has 0 bridgehead atoms. The van der Waals surface area contributed by atoms with Gasteiger partial charge in [0.2, 0.25) is 0 Å². The van der Waals surface area contributed by atoms with E-state index >= 15 is 0 Å². The van der Waals surface area contributed by atoms with Crippen molar-refractivity contribution in [2.24, 2.45) is 0 Å². The Labute approximate surface area is 175 Å². The van der Waals surface area contributed by atoms with Gasteiger partial charge in [-0.15, -0.1) is 0 Å².